The average Bonchev–Trinajstić information content (AvgIpc) is 2.55. The number of aliphatic hydroxyl groups excluding tert-OH is 1. The topological polar surface area (TPSA) is 46.5 Å². The minimum absolute atomic E-state index is 0.0706. The van der Waals surface area contributed by atoms with Crippen LogP contribution in [0, 0.1) is 5.92 Å². The summed E-state index contributed by atoms with van der Waals surface area (Å²) >= 11 is 0. The summed E-state index contributed by atoms with van der Waals surface area (Å²) in [4.78, 5) is 11.8. The minimum atomic E-state index is -0.454. The molecule has 3 rings (SSSR count). The molecule has 3 atom stereocenters. The summed E-state index contributed by atoms with van der Waals surface area (Å²) in [7, 11) is 0. The smallest absolute Gasteiger partial charge is 0.314 e. The Kier molecular flexibility index (Phi) is 4.22. The third-order valence-corrected chi connectivity index (χ3v) is 4.65. The van der Waals surface area contributed by atoms with Crippen LogP contribution in [0.2, 0.25) is 0 Å². The van der Waals surface area contributed by atoms with E-state index in [-0.39, 0.29) is 17.8 Å². The van der Waals surface area contributed by atoms with E-state index in [2.05, 4.69) is 19.1 Å². The molecule has 2 aromatic rings. The van der Waals surface area contributed by atoms with Gasteiger partial charge in [-0.05, 0) is 41.7 Å². The van der Waals surface area contributed by atoms with Gasteiger partial charge in [-0.25, -0.2) is 0 Å². The van der Waals surface area contributed by atoms with Gasteiger partial charge < -0.3 is 9.84 Å². The first kappa shape index (κ1) is 15.8. The molecule has 0 aliphatic carbocycles. The molecule has 0 fully saturated rings. The number of esters is 1. The van der Waals surface area contributed by atoms with Crippen LogP contribution in [0.15, 0.2) is 42.5 Å². The second kappa shape index (κ2) is 6.17. The fourth-order valence-electron chi connectivity index (χ4n) is 2.98. The van der Waals surface area contributed by atoms with Gasteiger partial charge in [0.05, 0.1) is 12.0 Å². The lowest BCUT2D eigenvalue weighted by molar-refractivity contribution is -0.139. The molecule has 23 heavy (non-hydrogen) atoms. The Morgan fingerprint density at radius 3 is 2.30 bits per heavy atom. The number of carbonyl (C=O) groups is 1. The molecule has 3 nitrogen and oxygen atoms in total. The molecule has 0 bridgehead atoms. The van der Waals surface area contributed by atoms with E-state index in [1.165, 1.54) is 5.56 Å². The number of carbonyl (C=O) groups excluding carboxylic acids is 1. The van der Waals surface area contributed by atoms with Crippen molar-refractivity contribution in [2.45, 2.75) is 39.2 Å². The molecule has 120 valence electrons. The van der Waals surface area contributed by atoms with Gasteiger partial charge in [-0.1, -0.05) is 50.2 Å². The lowest BCUT2D eigenvalue weighted by atomic mass is 9.89. The number of rotatable bonds is 3. The summed E-state index contributed by atoms with van der Waals surface area (Å²) in [6.07, 6.45) is 0.288. The van der Waals surface area contributed by atoms with E-state index >= 15 is 0 Å². The molecule has 0 aromatic heterocycles. The quantitative estimate of drug-likeness (QED) is 0.689. The fraction of sp³-hybridized carbons (Fsp3) is 0.350. The molecule has 2 aromatic carbocycles. The first-order valence-electron chi connectivity index (χ1n) is 8.08. The minimum Gasteiger partial charge on any atom is -0.426 e. The summed E-state index contributed by atoms with van der Waals surface area (Å²) < 4.78 is 5.45. The maximum atomic E-state index is 11.8. The molecule has 0 spiro atoms. The first-order valence-corrected chi connectivity index (χ1v) is 8.08. The van der Waals surface area contributed by atoms with E-state index in [4.69, 9.17) is 4.74 Å². The second-order valence-corrected chi connectivity index (χ2v) is 6.46. The lowest BCUT2D eigenvalue weighted by Gasteiger charge is -2.22. The highest BCUT2D eigenvalue weighted by Crippen LogP contribution is 2.33. The highest BCUT2D eigenvalue weighted by atomic mass is 16.5. The Balaban J connectivity index is 1.87. The van der Waals surface area contributed by atoms with Crippen LogP contribution in [-0.4, -0.2) is 11.1 Å². The average molecular weight is 310 g/mol. The molecule has 1 heterocycles. The van der Waals surface area contributed by atoms with Crippen LogP contribution >= 0.6 is 0 Å². The molecule has 0 saturated carbocycles. The van der Waals surface area contributed by atoms with Gasteiger partial charge in [-0.2, -0.15) is 0 Å². The highest BCUT2D eigenvalue weighted by molar-refractivity contribution is 5.77. The molecular formula is C20H22O3. The summed E-state index contributed by atoms with van der Waals surface area (Å²) in [5, 5.41) is 9.60. The van der Waals surface area contributed by atoms with Crippen LogP contribution in [0.4, 0.5) is 0 Å². The maximum absolute atomic E-state index is 11.8. The Labute approximate surface area is 136 Å². The van der Waals surface area contributed by atoms with Crippen LogP contribution in [-0.2, 0) is 11.2 Å². The van der Waals surface area contributed by atoms with Gasteiger partial charge in [0, 0.05) is 5.92 Å². The maximum Gasteiger partial charge on any atom is 0.314 e. The number of benzene rings is 2. The number of fused-ring (bicyclic) bond motifs is 1. The Morgan fingerprint density at radius 2 is 1.65 bits per heavy atom. The SMILES string of the molecule is CC1Cc2ccc(C(C)c3ccc(C(C)O)cc3)cc2OC1=O. The van der Waals surface area contributed by atoms with Crippen molar-refractivity contribution in [1.29, 1.82) is 0 Å². The monoisotopic (exact) mass is 310 g/mol. The van der Waals surface area contributed by atoms with Crippen LogP contribution in [0.3, 0.4) is 0 Å². The predicted molar refractivity (Wildman–Crippen MR) is 89.5 cm³/mol. The third-order valence-electron chi connectivity index (χ3n) is 4.65. The van der Waals surface area contributed by atoms with Gasteiger partial charge >= 0.3 is 5.97 Å². The number of hydrogen-bond acceptors (Lipinski definition) is 3. The van der Waals surface area contributed by atoms with Gasteiger partial charge in [-0.15, -0.1) is 0 Å². The molecule has 1 N–H and O–H groups in total. The van der Waals surface area contributed by atoms with E-state index < -0.39 is 6.10 Å². The van der Waals surface area contributed by atoms with Gasteiger partial charge in [0.1, 0.15) is 5.75 Å². The van der Waals surface area contributed by atoms with E-state index in [0.717, 1.165) is 23.1 Å². The van der Waals surface area contributed by atoms with E-state index in [9.17, 15) is 9.90 Å². The summed E-state index contributed by atoms with van der Waals surface area (Å²) in [6.45, 7) is 5.79. The van der Waals surface area contributed by atoms with Crippen LogP contribution in [0.1, 0.15) is 55.0 Å². The largest absolute Gasteiger partial charge is 0.426 e. The fourth-order valence-corrected chi connectivity index (χ4v) is 2.98. The Bertz CT molecular complexity index is 716. The molecule has 1 aliphatic heterocycles. The Hall–Kier alpha value is -2.13. The van der Waals surface area contributed by atoms with Gasteiger partial charge in [0.25, 0.3) is 0 Å². The van der Waals surface area contributed by atoms with Crippen molar-refractivity contribution in [2.75, 3.05) is 0 Å². The molecule has 0 amide bonds. The van der Waals surface area contributed by atoms with Crippen LogP contribution in [0.25, 0.3) is 0 Å². The molecule has 0 saturated heterocycles. The predicted octanol–water partition coefficient (Wildman–Crippen LogP) is 3.99. The Morgan fingerprint density at radius 1 is 1.04 bits per heavy atom. The van der Waals surface area contributed by atoms with E-state index in [1.807, 2.05) is 37.3 Å². The summed E-state index contributed by atoms with van der Waals surface area (Å²) in [5.41, 5.74) is 4.30. The molecule has 1 aliphatic rings. The van der Waals surface area contributed by atoms with Crippen LogP contribution in [0.5, 0.6) is 5.75 Å². The normalized spacial score (nSPS) is 19.7. The third kappa shape index (κ3) is 3.15. The standard InChI is InChI=1S/C20H22O3/c1-12-10-18-9-8-17(11-19(18)23-20(12)22)13(2)15-4-6-16(7-5-15)14(3)21/h4-9,11-14,21H,10H2,1-3H3. The highest BCUT2D eigenvalue weighted by Gasteiger charge is 2.25. The number of ether oxygens (including phenoxy) is 1. The van der Waals surface area contributed by atoms with Crippen molar-refractivity contribution in [1.82, 2.24) is 0 Å². The summed E-state index contributed by atoms with van der Waals surface area (Å²) in [6, 6.07) is 14.1. The summed E-state index contributed by atoms with van der Waals surface area (Å²) in [5.74, 6) is 0.668. The van der Waals surface area contributed by atoms with Crippen molar-refractivity contribution in [3.05, 3.63) is 64.7 Å². The zero-order chi connectivity index (χ0) is 16.6. The van der Waals surface area contributed by atoms with Crippen molar-refractivity contribution < 1.29 is 14.6 Å². The first-order chi connectivity index (χ1) is 11.0. The van der Waals surface area contributed by atoms with Crippen molar-refractivity contribution >= 4 is 5.97 Å². The van der Waals surface area contributed by atoms with Crippen molar-refractivity contribution in [3.8, 4) is 5.75 Å². The van der Waals surface area contributed by atoms with Gasteiger partial charge in [0.15, 0.2) is 0 Å². The van der Waals surface area contributed by atoms with Gasteiger partial charge in [-0.3, -0.25) is 4.79 Å². The van der Waals surface area contributed by atoms with Gasteiger partial charge in [0.2, 0.25) is 0 Å². The molecule has 3 unspecified atom stereocenters. The van der Waals surface area contributed by atoms with Crippen molar-refractivity contribution in [3.63, 3.8) is 0 Å². The zero-order valence-corrected chi connectivity index (χ0v) is 13.7. The van der Waals surface area contributed by atoms with E-state index in [0.29, 0.717) is 5.75 Å². The van der Waals surface area contributed by atoms with Crippen molar-refractivity contribution in [2.24, 2.45) is 5.92 Å². The lowest BCUT2D eigenvalue weighted by Crippen LogP contribution is -2.25. The second-order valence-electron chi connectivity index (χ2n) is 6.46. The number of aliphatic hydroxyl groups is 1. The zero-order valence-electron chi connectivity index (χ0n) is 13.7. The number of hydrogen-bond donors (Lipinski definition) is 1. The van der Waals surface area contributed by atoms with E-state index in [1.54, 1.807) is 6.92 Å². The molecule has 3 heteroatoms. The molecular weight excluding hydrogens is 288 g/mol. The van der Waals surface area contributed by atoms with Crippen LogP contribution < -0.4 is 4.74 Å². The molecule has 0 radical (unpaired) electrons.